The number of rotatable bonds is 6. The summed E-state index contributed by atoms with van der Waals surface area (Å²) in [5.74, 6) is 0. The minimum atomic E-state index is -4.95. The van der Waals surface area contributed by atoms with E-state index in [0.29, 0.717) is 0 Å². The third-order valence-electron chi connectivity index (χ3n) is 4.21. The van der Waals surface area contributed by atoms with Gasteiger partial charge in [0.05, 0.1) is 13.2 Å². The second kappa shape index (κ2) is 9.02. The number of phosphoric acid groups is 1. The maximum atomic E-state index is 10.9. The standard InChI is InChI=1S/C12H23O14P/c13-1-3-5(14)6(15)9(18)12(25-3)26-10-4(2-23-27(20,21)22)24-11(19)8(17)7(10)16/h3-19H,1-2H2,(H2,20,21,22)/t3-,4-,5-,6+,7-,8-,9-,10-,11?,12+/m1/s1. The van der Waals surface area contributed by atoms with Crippen LogP contribution in [-0.4, -0.2) is 120 Å². The molecule has 1 unspecified atom stereocenters. The zero-order chi connectivity index (χ0) is 20.5. The van der Waals surface area contributed by atoms with Gasteiger partial charge in [-0.05, 0) is 0 Å². The molecule has 0 aromatic rings. The third-order valence-corrected chi connectivity index (χ3v) is 4.69. The summed E-state index contributed by atoms with van der Waals surface area (Å²) in [4.78, 5) is 17.6. The van der Waals surface area contributed by atoms with Gasteiger partial charge in [0, 0.05) is 0 Å². The average molecular weight is 422 g/mol. The van der Waals surface area contributed by atoms with Gasteiger partial charge in [0.25, 0.3) is 0 Å². The molecular formula is C12H23O14P. The van der Waals surface area contributed by atoms with Gasteiger partial charge in [0.2, 0.25) is 0 Å². The highest BCUT2D eigenvalue weighted by Crippen LogP contribution is 2.37. The van der Waals surface area contributed by atoms with E-state index in [-0.39, 0.29) is 0 Å². The summed E-state index contributed by atoms with van der Waals surface area (Å²) in [6, 6.07) is 0. The van der Waals surface area contributed by atoms with Crippen molar-refractivity contribution in [3.05, 3.63) is 0 Å². The van der Waals surface area contributed by atoms with Crippen molar-refractivity contribution >= 4 is 7.82 Å². The molecule has 9 N–H and O–H groups in total. The third kappa shape index (κ3) is 5.41. The van der Waals surface area contributed by atoms with Crippen LogP contribution in [0.4, 0.5) is 0 Å². The van der Waals surface area contributed by atoms with Crippen LogP contribution in [0.15, 0.2) is 0 Å². The Labute approximate surface area is 152 Å². The summed E-state index contributed by atoms with van der Waals surface area (Å²) >= 11 is 0. The van der Waals surface area contributed by atoms with E-state index in [1.54, 1.807) is 0 Å². The molecule has 2 aliphatic rings. The van der Waals surface area contributed by atoms with Gasteiger partial charge in [-0.25, -0.2) is 4.57 Å². The first-order chi connectivity index (χ1) is 12.5. The first-order valence-corrected chi connectivity index (χ1v) is 9.35. The summed E-state index contributed by atoms with van der Waals surface area (Å²) in [6.07, 6.45) is -17.2. The Kier molecular flexibility index (Phi) is 7.68. The number of ether oxygens (including phenoxy) is 3. The van der Waals surface area contributed by atoms with Gasteiger partial charge < -0.3 is 59.7 Å². The lowest BCUT2D eigenvalue weighted by Gasteiger charge is -2.45. The van der Waals surface area contributed by atoms with E-state index in [4.69, 9.17) is 29.1 Å². The molecule has 0 amide bonds. The summed E-state index contributed by atoms with van der Waals surface area (Å²) in [7, 11) is -4.95. The Morgan fingerprint density at radius 2 is 1.44 bits per heavy atom. The summed E-state index contributed by atoms with van der Waals surface area (Å²) < 4.78 is 30.4. The Morgan fingerprint density at radius 3 is 2.00 bits per heavy atom. The molecule has 2 saturated heterocycles. The zero-order valence-corrected chi connectivity index (χ0v) is 14.6. The molecule has 14 nitrogen and oxygen atoms in total. The van der Waals surface area contributed by atoms with Crippen molar-refractivity contribution < 1.29 is 68.8 Å². The molecule has 0 radical (unpaired) electrons. The average Bonchev–Trinajstić information content (AvgIpc) is 2.60. The van der Waals surface area contributed by atoms with Crippen molar-refractivity contribution in [1.82, 2.24) is 0 Å². The van der Waals surface area contributed by atoms with Crippen LogP contribution in [0.3, 0.4) is 0 Å². The number of hydrogen-bond donors (Lipinski definition) is 9. The fourth-order valence-corrected chi connectivity index (χ4v) is 3.07. The monoisotopic (exact) mass is 422 g/mol. The van der Waals surface area contributed by atoms with E-state index in [1.165, 1.54) is 0 Å². The number of hydrogen-bond acceptors (Lipinski definition) is 12. The van der Waals surface area contributed by atoms with Crippen LogP contribution in [0.5, 0.6) is 0 Å². The van der Waals surface area contributed by atoms with Crippen LogP contribution in [-0.2, 0) is 23.3 Å². The van der Waals surface area contributed by atoms with E-state index in [1.807, 2.05) is 0 Å². The van der Waals surface area contributed by atoms with Gasteiger partial charge in [-0.1, -0.05) is 0 Å². The molecule has 0 aliphatic carbocycles. The fraction of sp³-hybridized carbons (Fsp3) is 1.00. The van der Waals surface area contributed by atoms with E-state index in [9.17, 15) is 35.2 Å². The van der Waals surface area contributed by atoms with Crippen LogP contribution >= 0.6 is 7.82 Å². The molecule has 15 heteroatoms. The molecule has 2 aliphatic heterocycles. The molecule has 2 fully saturated rings. The van der Waals surface area contributed by atoms with Gasteiger partial charge in [0.1, 0.15) is 48.8 Å². The lowest BCUT2D eigenvalue weighted by Crippen LogP contribution is -2.64. The molecule has 160 valence electrons. The van der Waals surface area contributed by atoms with Crippen LogP contribution in [0.2, 0.25) is 0 Å². The molecule has 0 saturated carbocycles. The molecule has 0 aromatic heterocycles. The lowest BCUT2D eigenvalue weighted by atomic mass is 9.97. The SMILES string of the molecule is O=P(O)(O)OC[C@H]1OC(O)[C@H](O)[C@@H](O)[C@@H]1O[C@@H]1O[C@H](CO)[C@@H](O)[C@H](O)[C@H]1O. The molecule has 0 aromatic carbocycles. The van der Waals surface area contributed by atoms with Crippen molar-refractivity contribution in [2.75, 3.05) is 13.2 Å². The zero-order valence-electron chi connectivity index (χ0n) is 13.7. The van der Waals surface area contributed by atoms with Gasteiger partial charge in [0.15, 0.2) is 12.6 Å². The van der Waals surface area contributed by atoms with E-state index in [2.05, 4.69) is 4.52 Å². The quantitative estimate of drug-likeness (QED) is 0.182. The Hall–Kier alpha value is -0.290. The predicted octanol–water partition coefficient (Wildman–Crippen LogP) is -5.28. The normalized spacial score (nSPS) is 46.4. The van der Waals surface area contributed by atoms with Crippen molar-refractivity contribution in [3.8, 4) is 0 Å². The van der Waals surface area contributed by atoms with Crippen LogP contribution in [0.1, 0.15) is 0 Å². The minimum absolute atomic E-state index is 0.749. The second-order valence-corrected chi connectivity index (χ2v) is 7.37. The molecule has 10 atom stereocenters. The minimum Gasteiger partial charge on any atom is -0.394 e. The molecule has 2 heterocycles. The first-order valence-electron chi connectivity index (χ1n) is 7.82. The molecule has 27 heavy (non-hydrogen) atoms. The highest BCUT2D eigenvalue weighted by atomic mass is 31.2. The van der Waals surface area contributed by atoms with E-state index in [0.717, 1.165) is 0 Å². The van der Waals surface area contributed by atoms with E-state index >= 15 is 0 Å². The largest absolute Gasteiger partial charge is 0.469 e. The highest BCUT2D eigenvalue weighted by molar-refractivity contribution is 7.46. The lowest BCUT2D eigenvalue weighted by molar-refractivity contribution is -0.354. The van der Waals surface area contributed by atoms with Crippen molar-refractivity contribution in [2.45, 2.75) is 61.4 Å². The van der Waals surface area contributed by atoms with Gasteiger partial charge in [-0.2, -0.15) is 0 Å². The molecular weight excluding hydrogens is 399 g/mol. The summed E-state index contributed by atoms with van der Waals surface area (Å²) in [6.45, 7) is -1.63. The molecule has 2 rings (SSSR count). The second-order valence-electron chi connectivity index (χ2n) is 6.13. The Morgan fingerprint density at radius 1 is 0.815 bits per heavy atom. The van der Waals surface area contributed by atoms with Crippen molar-refractivity contribution in [2.24, 2.45) is 0 Å². The maximum Gasteiger partial charge on any atom is 0.469 e. The molecule has 0 spiro atoms. The highest BCUT2D eigenvalue weighted by Gasteiger charge is 2.50. The Bertz CT molecular complexity index is 526. The number of aliphatic hydroxyl groups is 7. The van der Waals surface area contributed by atoms with Crippen LogP contribution in [0.25, 0.3) is 0 Å². The van der Waals surface area contributed by atoms with Crippen LogP contribution in [0, 0.1) is 0 Å². The summed E-state index contributed by atoms with van der Waals surface area (Å²) in [5.41, 5.74) is 0. The Balaban J connectivity index is 2.16. The van der Waals surface area contributed by atoms with Crippen molar-refractivity contribution in [1.29, 1.82) is 0 Å². The fourth-order valence-electron chi connectivity index (χ4n) is 2.73. The van der Waals surface area contributed by atoms with Crippen molar-refractivity contribution in [3.63, 3.8) is 0 Å². The smallest absolute Gasteiger partial charge is 0.394 e. The predicted molar refractivity (Wildman–Crippen MR) is 79.5 cm³/mol. The number of phosphoric ester groups is 1. The van der Waals surface area contributed by atoms with Gasteiger partial charge >= 0.3 is 7.82 Å². The maximum absolute atomic E-state index is 10.9. The van der Waals surface area contributed by atoms with Gasteiger partial charge in [-0.15, -0.1) is 0 Å². The van der Waals surface area contributed by atoms with E-state index < -0.39 is 82.4 Å². The number of aliphatic hydroxyl groups excluding tert-OH is 7. The topological polar surface area (TPSA) is 236 Å². The van der Waals surface area contributed by atoms with Gasteiger partial charge in [-0.3, -0.25) is 4.52 Å². The summed E-state index contributed by atoms with van der Waals surface area (Å²) in [5, 5.41) is 68.0. The molecule has 0 bridgehead atoms. The van der Waals surface area contributed by atoms with Crippen LogP contribution < -0.4 is 0 Å². The first kappa shape index (κ1) is 23.0.